The molecule has 0 saturated heterocycles. The van der Waals surface area contributed by atoms with Crippen molar-refractivity contribution in [3.8, 4) is 11.5 Å². The van der Waals surface area contributed by atoms with Gasteiger partial charge in [0.25, 0.3) is 0 Å². The van der Waals surface area contributed by atoms with Crippen LogP contribution in [0.3, 0.4) is 0 Å². The third kappa shape index (κ3) is 8.01. The van der Waals surface area contributed by atoms with Crippen LogP contribution in [0.2, 0.25) is 0 Å². The Bertz CT molecular complexity index is 456. The number of benzene rings is 1. The number of halogens is 1. The second kappa shape index (κ2) is 11.7. The number of ether oxygens (including phenoxy) is 2. The van der Waals surface area contributed by atoms with Crippen LogP contribution in [0, 0.1) is 0 Å². The van der Waals surface area contributed by atoms with Gasteiger partial charge in [0.1, 0.15) is 0 Å². The van der Waals surface area contributed by atoms with Crippen LogP contribution in [0.4, 0.5) is 0 Å². The molecule has 0 bridgehead atoms. The average molecular weight is 389 g/mol. The van der Waals surface area contributed by atoms with Crippen molar-refractivity contribution < 1.29 is 14.6 Å². The number of nitrogens with one attached hydrogen (secondary N) is 2. The highest BCUT2D eigenvalue weighted by atomic mass is 79.9. The number of aliphatic hydroxyl groups is 1. The Morgan fingerprint density at radius 3 is 2.52 bits per heavy atom. The molecule has 0 amide bonds. The van der Waals surface area contributed by atoms with Crippen molar-refractivity contribution in [2.24, 2.45) is 0 Å². The standard InChI is InChI=1S/C17H29BrN2O3/c1-4-22-16-10-14(12-20-7-5-6-19-8-9-21)15(18)11-17(16)23-13(2)3/h10-11,13,19-21H,4-9,12H2,1-3H3. The Labute approximate surface area is 147 Å². The Hall–Kier alpha value is -0.820. The summed E-state index contributed by atoms with van der Waals surface area (Å²) in [5.41, 5.74) is 1.15. The molecule has 5 nitrogen and oxygen atoms in total. The van der Waals surface area contributed by atoms with Crippen LogP contribution in [0.25, 0.3) is 0 Å². The van der Waals surface area contributed by atoms with Gasteiger partial charge in [0.05, 0.1) is 19.3 Å². The van der Waals surface area contributed by atoms with Crippen molar-refractivity contribution in [3.05, 3.63) is 22.2 Å². The monoisotopic (exact) mass is 388 g/mol. The molecule has 23 heavy (non-hydrogen) atoms. The minimum absolute atomic E-state index is 0.108. The zero-order valence-electron chi connectivity index (χ0n) is 14.3. The number of hydrogen-bond donors (Lipinski definition) is 3. The van der Waals surface area contributed by atoms with E-state index in [1.54, 1.807) is 0 Å². The lowest BCUT2D eigenvalue weighted by Crippen LogP contribution is -2.24. The van der Waals surface area contributed by atoms with Gasteiger partial charge < -0.3 is 25.2 Å². The lowest BCUT2D eigenvalue weighted by molar-refractivity contribution is 0.223. The fraction of sp³-hybridized carbons (Fsp3) is 0.647. The molecule has 0 fully saturated rings. The Kier molecular flexibility index (Phi) is 10.3. The minimum atomic E-state index is 0.108. The second-order valence-corrected chi connectivity index (χ2v) is 6.35. The predicted molar refractivity (Wildman–Crippen MR) is 97.4 cm³/mol. The second-order valence-electron chi connectivity index (χ2n) is 5.49. The summed E-state index contributed by atoms with van der Waals surface area (Å²) in [5.74, 6) is 1.55. The number of hydrogen-bond acceptors (Lipinski definition) is 5. The maximum atomic E-state index is 8.69. The van der Waals surface area contributed by atoms with E-state index in [-0.39, 0.29) is 12.7 Å². The summed E-state index contributed by atoms with van der Waals surface area (Å²) in [5, 5.41) is 15.3. The van der Waals surface area contributed by atoms with Crippen molar-refractivity contribution in [2.75, 3.05) is 32.8 Å². The lowest BCUT2D eigenvalue weighted by Gasteiger charge is -2.17. The Balaban J connectivity index is 2.56. The van der Waals surface area contributed by atoms with Gasteiger partial charge in [-0.2, -0.15) is 0 Å². The van der Waals surface area contributed by atoms with Crippen LogP contribution < -0.4 is 20.1 Å². The Morgan fingerprint density at radius 2 is 1.87 bits per heavy atom. The maximum Gasteiger partial charge on any atom is 0.162 e. The summed E-state index contributed by atoms with van der Waals surface area (Å²) in [4.78, 5) is 0. The average Bonchev–Trinajstić information content (AvgIpc) is 2.50. The van der Waals surface area contributed by atoms with Gasteiger partial charge in [-0.1, -0.05) is 15.9 Å². The fourth-order valence-corrected chi connectivity index (χ4v) is 2.56. The van der Waals surface area contributed by atoms with Crippen LogP contribution in [0.1, 0.15) is 32.8 Å². The van der Waals surface area contributed by atoms with E-state index in [0.717, 1.165) is 47.6 Å². The molecule has 3 N–H and O–H groups in total. The van der Waals surface area contributed by atoms with Crippen LogP contribution in [-0.2, 0) is 6.54 Å². The van der Waals surface area contributed by atoms with E-state index in [1.807, 2.05) is 32.9 Å². The number of rotatable bonds is 12. The molecule has 132 valence electrons. The van der Waals surface area contributed by atoms with E-state index in [9.17, 15) is 0 Å². The van der Waals surface area contributed by atoms with Gasteiger partial charge in [-0.3, -0.25) is 0 Å². The van der Waals surface area contributed by atoms with Crippen molar-refractivity contribution in [1.29, 1.82) is 0 Å². The molecule has 6 heteroatoms. The first-order chi connectivity index (χ1) is 11.1. The van der Waals surface area contributed by atoms with Crippen molar-refractivity contribution >= 4 is 15.9 Å². The molecule has 0 radical (unpaired) electrons. The van der Waals surface area contributed by atoms with E-state index < -0.39 is 0 Å². The van der Waals surface area contributed by atoms with Gasteiger partial charge in [0.2, 0.25) is 0 Å². The molecule has 1 aromatic carbocycles. The third-order valence-electron chi connectivity index (χ3n) is 3.09. The molecule has 0 aliphatic carbocycles. The van der Waals surface area contributed by atoms with E-state index in [2.05, 4.69) is 26.6 Å². The van der Waals surface area contributed by atoms with E-state index in [4.69, 9.17) is 14.6 Å². The van der Waals surface area contributed by atoms with E-state index >= 15 is 0 Å². The normalized spacial score (nSPS) is 11.0. The van der Waals surface area contributed by atoms with Gasteiger partial charge in [0, 0.05) is 17.6 Å². The van der Waals surface area contributed by atoms with Crippen molar-refractivity contribution in [1.82, 2.24) is 10.6 Å². The third-order valence-corrected chi connectivity index (χ3v) is 3.82. The summed E-state index contributed by atoms with van der Waals surface area (Å²) in [6, 6.07) is 4.01. The minimum Gasteiger partial charge on any atom is -0.490 e. The van der Waals surface area contributed by atoms with Crippen LogP contribution in [0.15, 0.2) is 16.6 Å². The SMILES string of the molecule is CCOc1cc(CNCCCNCCO)c(Br)cc1OC(C)C. The molecule has 0 aliphatic rings. The molecular formula is C17H29BrN2O3. The molecule has 0 spiro atoms. The largest absolute Gasteiger partial charge is 0.490 e. The first-order valence-electron chi connectivity index (χ1n) is 8.22. The molecule has 0 aromatic heterocycles. The molecular weight excluding hydrogens is 360 g/mol. The summed E-state index contributed by atoms with van der Waals surface area (Å²) in [6.07, 6.45) is 1.13. The van der Waals surface area contributed by atoms with E-state index in [0.29, 0.717) is 13.2 Å². The van der Waals surface area contributed by atoms with Gasteiger partial charge >= 0.3 is 0 Å². The molecule has 0 heterocycles. The molecule has 0 aliphatic heterocycles. The van der Waals surface area contributed by atoms with Crippen LogP contribution >= 0.6 is 15.9 Å². The maximum absolute atomic E-state index is 8.69. The first-order valence-corrected chi connectivity index (χ1v) is 9.02. The molecule has 1 rings (SSSR count). The first kappa shape index (κ1) is 20.2. The van der Waals surface area contributed by atoms with Crippen molar-refractivity contribution in [2.45, 2.75) is 39.8 Å². The molecule has 1 aromatic rings. The Morgan fingerprint density at radius 1 is 1.13 bits per heavy atom. The van der Waals surface area contributed by atoms with Crippen LogP contribution in [-0.4, -0.2) is 44.1 Å². The summed E-state index contributed by atoms with van der Waals surface area (Å²) in [6.45, 7) is 10.0. The highest BCUT2D eigenvalue weighted by Gasteiger charge is 2.12. The smallest absolute Gasteiger partial charge is 0.162 e. The summed E-state index contributed by atoms with van der Waals surface area (Å²) in [7, 11) is 0. The van der Waals surface area contributed by atoms with Gasteiger partial charge in [-0.25, -0.2) is 0 Å². The number of aliphatic hydroxyl groups excluding tert-OH is 1. The highest BCUT2D eigenvalue weighted by molar-refractivity contribution is 9.10. The quantitative estimate of drug-likeness (QED) is 0.480. The summed E-state index contributed by atoms with van der Waals surface area (Å²) < 4.78 is 12.5. The van der Waals surface area contributed by atoms with Gasteiger partial charge in [-0.15, -0.1) is 0 Å². The predicted octanol–water partition coefficient (Wildman–Crippen LogP) is 2.70. The fourth-order valence-electron chi connectivity index (χ4n) is 2.09. The van der Waals surface area contributed by atoms with Crippen molar-refractivity contribution in [3.63, 3.8) is 0 Å². The zero-order chi connectivity index (χ0) is 17.1. The topological polar surface area (TPSA) is 62.8 Å². The highest BCUT2D eigenvalue weighted by Crippen LogP contribution is 2.34. The summed E-state index contributed by atoms with van der Waals surface area (Å²) >= 11 is 3.61. The zero-order valence-corrected chi connectivity index (χ0v) is 15.9. The van der Waals surface area contributed by atoms with Gasteiger partial charge in [-0.05, 0) is 58.0 Å². The van der Waals surface area contributed by atoms with E-state index in [1.165, 1.54) is 0 Å². The molecule has 0 atom stereocenters. The molecule has 0 saturated carbocycles. The van der Waals surface area contributed by atoms with Crippen LogP contribution in [0.5, 0.6) is 11.5 Å². The lowest BCUT2D eigenvalue weighted by atomic mass is 10.2. The molecule has 0 unspecified atom stereocenters. The van der Waals surface area contributed by atoms with Gasteiger partial charge in [0.15, 0.2) is 11.5 Å².